The van der Waals surface area contributed by atoms with Gasteiger partial charge in [0.05, 0.1) is 6.61 Å². The molecule has 1 unspecified atom stereocenters. The highest BCUT2D eigenvalue weighted by atomic mass is 19.1. The van der Waals surface area contributed by atoms with Crippen LogP contribution in [0.2, 0.25) is 0 Å². The second kappa shape index (κ2) is 9.40. The molecule has 1 aliphatic heterocycles. The highest BCUT2D eigenvalue weighted by Gasteiger charge is 2.34. The van der Waals surface area contributed by atoms with E-state index >= 15 is 4.39 Å². The first-order valence-corrected chi connectivity index (χ1v) is 10.5. The molecule has 4 nitrogen and oxygen atoms in total. The Kier molecular flexibility index (Phi) is 6.91. The number of halogens is 1. The SMILES string of the molecule is CCCCOc1c2c(c(F)c(C)c1C(=O)Oc1ccccc1)CN(C(C)CC)C2. The highest BCUT2D eigenvalue weighted by molar-refractivity contribution is 5.96. The second-order valence-electron chi connectivity index (χ2n) is 7.67. The minimum absolute atomic E-state index is 0.201. The fraction of sp³-hybridized carbons (Fsp3) is 0.458. The number of para-hydroxylation sites is 1. The topological polar surface area (TPSA) is 38.8 Å². The van der Waals surface area contributed by atoms with E-state index in [9.17, 15) is 4.79 Å². The van der Waals surface area contributed by atoms with E-state index in [4.69, 9.17) is 9.47 Å². The number of benzene rings is 2. The van der Waals surface area contributed by atoms with E-state index in [1.807, 2.05) is 6.07 Å². The molecule has 2 aromatic rings. The van der Waals surface area contributed by atoms with Crippen LogP contribution in [0.25, 0.3) is 0 Å². The van der Waals surface area contributed by atoms with Gasteiger partial charge in [-0.3, -0.25) is 4.90 Å². The molecule has 0 saturated heterocycles. The smallest absolute Gasteiger partial charge is 0.347 e. The second-order valence-corrected chi connectivity index (χ2v) is 7.67. The zero-order chi connectivity index (χ0) is 21.0. The van der Waals surface area contributed by atoms with Crippen LogP contribution in [0.4, 0.5) is 4.39 Å². The van der Waals surface area contributed by atoms with Gasteiger partial charge in [0.2, 0.25) is 0 Å². The summed E-state index contributed by atoms with van der Waals surface area (Å²) in [7, 11) is 0. The van der Waals surface area contributed by atoms with E-state index < -0.39 is 5.97 Å². The molecule has 29 heavy (non-hydrogen) atoms. The maximum absolute atomic E-state index is 15.3. The van der Waals surface area contributed by atoms with Gasteiger partial charge >= 0.3 is 5.97 Å². The summed E-state index contributed by atoms with van der Waals surface area (Å²) in [5.41, 5.74) is 1.92. The summed E-state index contributed by atoms with van der Waals surface area (Å²) in [6, 6.07) is 9.17. The predicted octanol–water partition coefficient (Wildman–Crippen LogP) is 5.65. The lowest BCUT2D eigenvalue weighted by Crippen LogP contribution is -2.27. The summed E-state index contributed by atoms with van der Waals surface area (Å²) in [5, 5.41) is 0. The molecule has 1 heterocycles. The molecular formula is C24H30FNO3. The van der Waals surface area contributed by atoms with Crippen molar-refractivity contribution in [1.82, 2.24) is 4.90 Å². The lowest BCUT2D eigenvalue weighted by atomic mass is 9.98. The lowest BCUT2D eigenvalue weighted by Gasteiger charge is -2.22. The van der Waals surface area contributed by atoms with Gasteiger partial charge in [-0.15, -0.1) is 0 Å². The maximum Gasteiger partial charge on any atom is 0.347 e. The maximum atomic E-state index is 15.3. The zero-order valence-electron chi connectivity index (χ0n) is 17.8. The average molecular weight is 400 g/mol. The molecule has 0 aliphatic carbocycles. The molecule has 0 spiro atoms. The fourth-order valence-corrected chi connectivity index (χ4v) is 3.66. The highest BCUT2D eigenvalue weighted by Crippen LogP contribution is 2.40. The van der Waals surface area contributed by atoms with Crippen LogP contribution in [0.3, 0.4) is 0 Å². The molecule has 0 amide bonds. The van der Waals surface area contributed by atoms with E-state index in [2.05, 4.69) is 25.7 Å². The fourth-order valence-electron chi connectivity index (χ4n) is 3.66. The van der Waals surface area contributed by atoms with E-state index in [0.29, 0.717) is 48.4 Å². The van der Waals surface area contributed by atoms with Gasteiger partial charge < -0.3 is 9.47 Å². The number of carbonyl (C=O) groups is 1. The molecule has 5 heteroatoms. The van der Waals surface area contributed by atoms with Crippen LogP contribution in [0, 0.1) is 12.7 Å². The van der Waals surface area contributed by atoms with Crippen molar-refractivity contribution in [2.45, 2.75) is 66.1 Å². The Morgan fingerprint density at radius 3 is 2.52 bits per heavy atom. The van der Waals surface area contributed by atoms with Gasteiger partial charge in [-0.2, -0.15) is 0 Å². The van der Waals surface area contributed by atoms with Crippen molar-refractivity contribution in [2.75, 3.05) is 6.61 Å². The third-order valence-electron chi connectivity index (χ3n) is 5.67. The largest absolute Gasteiger partial charge is 0.492 e. The van der Waals surface area contributed by atoms with Gasteiger partial charge in [-0.25, -0.2) is 9.18 Å². The summed E-state index contributed by atoms with van der Waals surface area (Å²) in [6.07, 6.45) is 2.82. The third kappa shape index (κ3) is 4.45. The van der Waals surface area contributed by atoms with Gasteiger partial charge in [0.25, 0.3) is 0 Å². The van der Waals surface area contributed by atoms with Crippen LogP contribution in [-0.2, 0) is 13.1 Å². The number of nitrogens with zero attached hydrogens (tertiary/aromatic N) is 1. The minimum Gasteiger partial charge on any atom is -0.492 e. The van der Waals surface area contributed by atoms with Crippen molar-refractivity contribution in [3.63, 3.8) is 0 Å². The Hall–Kier alpha value is -2.40. The van der Waals surface area contributed by atoms with Crippen LogP contribution >= 0.6 is 0 Å². The standard InChI is InChI=1S/C24H30FNO3/c1-5-7-13-28-23-20-15-26(16(3)6-2)14-19(20)22(25)17(4)21(23)24(27)29-18-11-9-8-10-12-18/h8-12,16H,5-7,13-15H2,1-4H3. The average Bonchev–Trinajstić information content (AvgIpc) is 3.17. The van der Waals surface area contributed by atoms with E-state index in [0.717, 1.165) is 24.8 Å². The summed E-state index contributed by atoms with van der Waals surface area (Å²) >= 11 is 0. The number of ether oxygens (including phenoxy) is 2. The zero-order valence-corrected chi connectivity index (χ0v) is 17.8. The molecule has 0 radical (unpaired) electrons. The number of hydrogen-bond acceptors (Lipinski definition) is 4. The van der Waals surface area contributed by atoms with Crippen molar-refractivity contribution in [3.05, 3.63) is 58.4 Å². The Morgan fingerprint density at radius 1 is 1.17 bits per heavy atom. The minimum atomic E-state index is -0.580. The van der Waals surface area contributed by atoms with Gasteiger partial charge in [0, 0.05) is 35.8 Å². The Labute approximate surface area is 172 Å². The van der Waals surface area contributed by atoms with Gasteiger partial charge in [-0.05, 0) is 38.8 Å². The van der Waals surface area contributed by atoms with E-state index in [1.54, 1.807) is 31.2 Å². The summed E-state index contributed by atoms with van der Waals surface area (Å²) in [4.78, 5) is 15.3. The molecule has 0 saturated carbocycles. The first-order chi connectivity index (χ1) is 14.0. The molecule has 3 rings (SSSR count). The van der Waals surface area contributed by atoms with Crippen molar-refractivity contribution < 1.29 is 18.7 Å². The third-order valence-corrected chi connectivity index (χ3v) is 5.67. The van der Waals surface area contributed by atoms with Gasteiger partial charge in [0.15, 0.2) is 0 Å². The molecule has 0 aromatic heterocycles. The molecule has 0 fully saturated rings. The number of rotatable bonds is 8. The number of hydrogen-bond donors (Lipinski definition) is 0. The molecule has 0 bridgehead atoms. The predicted molar refractivity (Wildman–Crippen MR) is 112 cm³/mol. The monoisotopic (exact) mass is 399 g/mol. The Bertz CT molecular complexity index is 866. The van der Waals surface area contributed by atoms with Gasteiger partial charge in [-0.1, -0.05) is 38.5 Å². The van der Waals surface area contributed by atoms with E-state index in [1.165, 1.54) is 0 Å². The normalized spacial score (nSPS) is 14.5. The molecular weight excluding hydrogens is 369 g/mol. The van der Waals surface area contributed by atoms with Crippen LogP contribution < -0.4 is 9.47 Å². The summed E-state index contributed by atoms with van der Waals surface area (Å²) in [5.74, 6) is 0.00942. The number of fused-ring (bicyclic) bond motifs is 1. The van der Waals surface area contributed by atoms with Crippen molar-refractivity contribution in [3.8, 4) is 11.5 Å². The quantitative estimate of drug-likeness (QED) is 0.327. The first kappa shape index (κ1) is 21.3. The first-order valence-electron chi connectivity index (χ1n) is 10.5. The van der Waals surface area contributed by atoms with Crippen LogP contribution in [0.15, 0.2) is 30.3 Å². The van der Waals surface area contributed by atoms with E-state index in [-0.39, 0.29) is 11.4 Å². The van der Waals surface area contributed by atoms with Gasteiger partial charge in [0.1, 0.15) is 22.9 Å². The van der Waals surface area contributed by atoms with Crippen LogP contribution in [-0.4, -0.2) is 23.5 Å². The molecule has 1 aliphatic rings. The molecule has 0 N–H and O–H groups in total. The number of unbranched alkanes of at least 4 members (excludes halogenated alkanes) is 1. The lowest BCUT2D eigenvalue weighted by molar-refractivity contribution is 0.0728. The summed E-state index contributed by atoms with van der Waals surface area (Å²) in [6.45, 7) is 9.58. The van der Waals surface area contributed by atoms with Crippen molar-refractivity contribution in [1.29, 1.82) is 0 Å². The summed E-state index contributed by atoms with van der Waals surface area (Å²) < 4.78 is 26.9. The molecule has 2 aromatic carbocycles. The van der Waals surface area contributed by atoms with Crippen molar-refractivity contribution in [2.24, 2.45) is 0 Å². The van der Waals surface area contributed by atoms with Crippen LogP contribution in [0.1, 0.15) is 67.1 Å². The Morgan fingerprint density at radius 2 is 1.86 bits per heavy atom. The molecule has 156 valence electrons. The van der Waals surface area contributed by atoms with Crippen LogP contribution in [0.5, 0.6) is 11.5 Å². The number of esters is 1. The number of carbonyl (C=O) groups excluding carboxylic acids is 1. The Balaban J connectivity index is 2.03. The molecule has 1 atom stereocenters. The van der Waals surface area contributed by atoms with Crippen molar-refractivity contribution >= 4 is 5.97 Å².